The first-order valence-corrected chi connectivity index (χ1v) is 12.5. The lowest BCUT2D eigenvalue weighted by atomic mass is 9.90. The summed E-state index contributed by atoms with van der Waals surface area (Å²) in [6.07, 6.45) is 15.6. The first-order chi connectivity index (χ1) is 17.6. The second-order valence-corrected chi connectivity index (χ2v) is 9.59. The van der Waals surface area contributed by atoms with Crippen molar-refractivity contribution < 1.29 is 9.53 Å². The Bertz CT molecular complexity index is 1350. The highest BCUT2D eigenvalue weighted by atomic mass is 16.5. The molecule has 0 spiro atoms. The van der Waals surface area contributed by atoms with Crippen LogP contribution in [0.3, 0.4) is 0 Å². The zero-order valence-electron chi connectivity index (χ0n) is 20.3. The summed E-state index contributed by atoms with van der Waals surface area (Å²) in [5.41, 5.74) is 5.07. The van der Waals surface area contributed by atoms with Crippen molar-refractivity contribution in [2.45, 2.75) is 37.8 Å². The van der Waals surface area contributed by atoms with Gasteiger partial charge in [0.15, 0.2) is 5.82 Å². The van der Waals surface area contributed by atoms with Gasteiger partial charge in [0, 0.05) is 66.7 Å². The van der Waals surface area contributed by atoms with Gasteiger partial charge in [-0.25, -0.2) is 9.97 Å². The smallest absolute Gasteiger partial charge is 0.248 e. The largest absolute Gasteiger partial charge is 0.370 e. The summed E-state index contributed by atoms with van der Waals surface area (Å²) in [7, 11) is 1.91. The van der Waals surface area contributed by atoms with Gasteiger partial charge in [-0.1, -0.05) is 18.2 Å². The van der Waals surface area contributed by atoms with E-state index < -0.39 is 0 Å². The van der Waals surface area contributed by atoms with Gasteiger partial charge in [0.05, 0.1) is 25.0 Å². The lowest BCUT2D eigenvalue weighted by Gasteiger charge is -2.38. The normalized spacial score (nSPS) is 20.6. The maximum absolute atomic E-state index is 12.2. The average molecular weight is 484 g/mol. The molecule has 1 aliphatic heterocycles. The quantitative estimate of drug-likeness (QED) is 0.429. The molecular formula is C27H29N7O2. The van der Waals surface area contributed by atoms with Crippen LogP contribution < -0.4 is 0 Å². The minimum Gasteiger partial charge on any atom is -0.370 e. The predicted molar refractivity (Wildman–Crippen MR) is 135 cm³/mol. The van der Waals surface area contributed by atoms with Crippen LogP contribution >= 0.6 is 0 Å². The lowest BCUT2D eigenvalue weighted by Crippen LogP contribution is -2.48. The standard InChI is InChI=1S/C27H29N7O2/c1-32-16-22(14-30-32)19-3-2-4-20(11-19)27-28-12-21(13-29-27)23-15-31-34(17-23)25-7-5-24(6-8-25)33-9-10-36-18-26(33)35/h2-4,11-17,24-25H,5-10,18H2,1H3/t24-,25-. The van der Waals surface area contributed by atoms with E-state index in [2.05, 4.69) is 43.2 Å². The summed E-state index contributed by atoms with van der Waals surface area (Å²) >= 11 is 0. The van der Waals surface area contributed by atoms with E-state index in [1.807, 2.05) is 55.1 Å². The zero-order valence-corrected chi connectivity index (χ0v) is 20.3. The number of amides is 1. The average Bonchev–Trinajstić information content (AvgIpc) is 3.59. The third-order valence-corrected chi connectivity index (χ3v) is 7.25. The first kappa shape index (κ1) is 22.6. The number of morpholine rings is 1. The van der Waals surface area contributed by atoms with Gasteiger partial charge in [0.2, 0.25) is 5.91 Å². The predicted octanol–water partition coefficient (Wildman–Crippen LogP) is 3.75. The van der Waals surface area contributed by atoms with Crippen molar-refractivity contribution in [2.24, 2.45) is 7.05 Å². The van der Waals surface area contributed by atoms with Gasteiger partial charge >= 0.3 is 0 Å². The van der Waals surface area contributed by atoms with Crippen molar-refractivity contribution in [2.75, 3.05) is 19.8 Å². The molecule has 9 nitrogen and oxygen atoms in total. The van der Waals surface area contributed by atoms with Crippen molar-refractivity contribution in [3.8, 4) is 33.6 Å². The molecule has 0 bridgehead atoms. The fourth-order valence-electron chi connectivity index (χ4n) is 5.27. The van der Waals surface area contributed by atoms with Crippen molar-refractivity contribution in [3.05, 3.63) is 61.4 Å². The third-order valence-electron chi connectivity index (χ3n) is 7.25. The Morgan fingerprint density at radius 2 is 1.56 bits per heavy atom. The molecule has 3 aromatic heterocycles. The highest BCUT2D eigenvalue weighted by Crippen LogP contribution is 2.32. The second kappa shape index (κ2) is 9.66. The Morgan fingerprint density at radius 3 is 2.31 bits per heavy atom. The fraction of sp³-hybridized carbons (Fsp3) is 0.370. The van der Waals surface area contributed by atoms with E-state index in [1.165, 1.54) is 0 Å². The summed E-state index contributed by atoms with van der Waals surface area (Å²) in [6.45, 7) is 1.58. The molecule has 1 amide bonds. The summed E-state index contributed by atoms with van der Waals surface area (Å²) in [5, 5.41) is 8.91. The summed E-state index contributed by atoms with van der Waals surface area (Å²) < 4.78 is 9.14. The molecule has 2 aliphatic rings. The molecule has 4 aromatic rings. The summed E-state index contributed by atoms with van der Waals surface area (Å²) in [6, 6.07) is 8.86. The summed E-state index contributed by atoms with van der Waals surface area (Å²) in [4.78, 5) is 23.5. The van der Waals surface area contributed by atoms with Gasteiger partial charge in [0.25, 0.3) is 0 Å². The molecular weight excluding hydrogens is 454 g/mol. The van der Waals surface area contributed by atoms with Crippen LogP contribution in [0.2, 0.25) is 0 Å². The maximum atomic E-state index is 12.2. The minimum absolute atomic E-state index is 0.123. The fourth-order valence-corrected chi connectivity index (χ4v) is 5.27. The molecule has 0 atom stereocenters. The van der Waals surface area contributed by atoms with Crippen LogP contribution in [0.25, 0.3) is 33.6 Å². The Morgan fingerprint density at radius 1 is 0.833 bits per heavy atom. The number of carbonyl (C=O) groups excluding carboxylic acids is 1. The number of nitrogens with zero attached hydrogens (tertiary/aromatic N) is 7. The first-order valence-electron chi connectivity index (χ1n) is 12.5. The molecule has 1 saturated carbocycles. The second-order valence-electron chi connectivity index (χ2n) is 9.59. The van der Waals surface area contributed by atoms with Crippen molar-refractivity contribution in [3.63, 3.8) is 0 Å². The van der Waals surface area contributed by atoms with Crippen LogP contribution in [0.5, 0.6) is 0 Å². The van der Waals surface area contributed by atoms with E-state index >= 15 is 0 Å². The SMILES string of the molecule is Cn1cc(-c2cccc(-c3ncc(-c4cnn([C@H]5CC[C@H](N6CCOCC6=O)CC5)c4)cn3)c2)cn1. The van der Waals surface area contributed by atoms with E-state index in [4.69, 9.17) is 4.74 Å². The van der Waals surface area contributed by atoms with Gasteiger partial charge < -0.3 is 9.64 Å². The van der Waals surface area contributed by atoms with E-state index in [0.717, 1.165) is 53.5 Å². The molecule has 0 radical (unpaired) electrons. The van der Waals surface area contributed by atoms with Gasteiger partial charge in [-0.2, -0.15) is 10.2 Å². The van der Waals surface area contributed by atoms with E-state index in [1.54, 1.807) is 4.68 Å². The number of aromatic nitrogens is 6. The number of rotatable bonds is 5. The van der Waals surface area contributed by atoms with Gasteiger partial charge in [0.1, 0.15) is 6.61 Å². The molecule has 2 fully saturated rings. The molecule has 1 saturated heterocycles. The molecule has 1 aliphatic carbocycles. The highest BCUT2D eigenvalue weighted by Gasteiger charge is 2.31. The number of hydrogen-bond donors (Lipinski definition) is 0. The van der Waals surface area contributed by atoms with Crippen LogP contribution in [-0.4, -0.2) is 66.1 Å². The molecule has 9 heteroatoms. The van der Waals surface area contributed by atoms with Gasteiger partial charge in [-0.05, 0) is 37.3 Å². The van der Waals surface area contributed by atoms with Gasteiger partial charge in [-0.15, -0.1) is 0 Å². The molecule has 36 heavy (non-hydrogen) atoms. The number of benzene rings is 1. The zero-order chi connectivity index (χ0) is 24.5. The number of hydrogen-bond acceptors (Lipinski definition) is 6. The van der Waals surface area contributed by atoms with Crippen molar-refractivity contribution >= 4 is 5.91 Å². The molecule has 184 valence electrons. The van der Waals surface area contributed by atoms with Crippen LogP contribution in [0.1, 0.15) is 31.7 Å². The van der Waals surface area contributed by atoms with E-state index in [9.17, 15) is 4.79 Å². The monoisotopic (exact) mass is 483 g/mol. The van der Waals surface area contributed by atoms with Crippen LogP contribution in [0, 0.1) is 0 Å². The number of ether oxygens (including phenoxy) is 1. The van der Waals surface area contributed by atoms with E-state index in [-0.39, 0.29) is 12.5 Å². The highest BCUT2D eigenvalue weighted by molar-refractivity contribution is 5.78. The van der Waals surface area contributed by atoms with Crippen LogP contribution in [-0.2, 0) is 16.6 Å². The summed E-state index contributed by atoms with van der Waals surface area (Å²) in [5.74, 6) is 0.811. The Kier molecular flexibility index (Phi) is 6.06. The van der Waals surface area contributed by atoms with E-state index in [0.29, 0.717) is 31.1 Å². The number of aryl methyl sites for hydroxylation is 1. The minimum atomic E-state index is 0.123. The molecule has 6 rings (SSSR count). The Hall–Kier alpha value is -3.85. The van der Waals surface area contributed by atoms with Crippen molar-refractivity contribution in [1.82, 2.24) is 34.4 Å². The Balaban J connectivity index is 1.12. The molecule has 0 unspecified atom stereocenters. The topological polar surface area (TPSA) is 91.0 Å². The number of carbonyl (C=O) groups is 1. The maximum Gasteiger partial charge on any atom is 0.248 e. The van der Waals surface area contributed by atoms with Crippen LogP contribution in [0.4, 0.5) is 0 Å². The van der Waals surface area contributed by atoms with Crippen molar-refractivity contribution in [1.29, 1.82) is 0 Å². The Labute approximate surface area is 209 Å². The van der Waals surface area contributed by atoms with Gasteiger partial charge in [-0.3, -0.25) is 14.2 Å². The van der Waals surface area contributed by atoms with Crippen LogP contribution in [0.15, 0.2) is 61.4 Å². The molecule has 1 aromatic carbocycles. The molecule has 0 N–H and O–H groups in total. The third kappa shape index (κ3) is 4.54. The molecule has 4 heterocycles. The lowest BCUT2D eigenvalue weighted by molar-refractivity contribution is -0.146.